The molecule has 0 unspecified atom stereocenters. The first-order chi connectivity index (χ1) is 10.4. The Balaban J connectivity index is 1.94. The van der Waals surface area contributed by atoms with Crippen molar-refractivity contribution in [2.75, 3.05) is 33.7 Å². The van der Waals surface area contributed by atoms with E-state index in [-0.39, 0.29) is 17.9 Å². The molecule has 7 nitrogen and oxygen atoms in total. The Morgan fingerprint density at radius 1 is 1.36 bits per heavy atom. The third-order valence-corrected chi connectivity index (χ3v) is 4.32. The van der Waals surface area contributed by atoms with Crippen LogP contribution in [-0.4, -0.2) is 66.5 Å². The molecule has 1 atom stereocenters. The zero-order valence-corrected chi connectivity index (χ0v) is 13.7. The number of nitrogens with zero attached hydrogens (tertiary/aromatic N) is 3. The molecule has 0 spiro atoms. The summed E-state index contributed by atoms with van der Waals surface area (Å²) in [6.07, 6.45) is 1.03. The van der Waals surface area contributed by atoms with Crippen molar-refractivity contribution in [3.63, 3.8) is 0 Å². The van der Waals surface area contributed by atoms with Gasteiger partial charge in [-0.05, 0) is 27.3 Å². The topological polar surface area (TPSA) is 78.7 Å². The van der Waals surface area contributed by atoms with Crippen LogP contribution in [0, 0.1) is 13.8 Å². The molecule has 2 amide bonds. The Labute approximate surface area is 130 Å². The van der Waals surface area contributed by atoms with Crippen molar-refractivity contribution < 1.29 is 14.1 Å². The van der Waals surface area contributed by atoms with E-state index in [2.05, 4.69) is 10.5 Å². The molecule has 1 aromatic heterocycles. The first-order valence-corrected chi connectivity index (χ1v) is 7.55. The number of nitrogens with one attached hydrogen (secondary N) is 1. The van der Waals surface area contributed by atoms with E-state index < -0.39 is 0 Å². The van der Waals surface area contributed by atoms with Gasteiger partial charge in [0.15, 0.2) is 0 Å². The number of hydrogen-bond acceptors (Lipinski definition) is 5. The van der Waals surface area contributed by atoms with Crippen LogP contribution in [0.5, 0.6) is 0 Å². The van der Waals surface area contributed by atoms with Crippen molar-refractivity contribution >= 4 is 11.8 Å². The maximum Gasteiger partial charge on any atom is 0.238 e. The molecule has 1 aliphatic rings. The smallest absolute Gasteiger partial charge is 0.238 e. The summed E-state index contributed by atoms with van der Waals surface area (Å²) in [5, 5.41) is 6.56. The van der Waals surface area contributed by atoms with E-state index in [1.807, 2.05) is 25.8 Å². The summed E-state index contributed by atoms with van der Waals surface area (Å²) in [7, 11) is 3.53. The Morgan fingerprint density at radius 2 is 2.09 bits per heavy atom. The third kappa shape index (κ3) is 3.47. The number of piperazine rings is 1. The van der Waals surface area contributed by atoms with E-state index in [1.54, 1.807) is 11.9 Å². The van der Waals surface area contributed by atoms with Crippen LogP contribution >= 0.6 is 0 Å². The Bertz CT molecular complexity index is 535. The Morgan fingerprint density at radius 3 is 2.68 bits per heavy atom. The second kappa shape index (κ2) is 6.91. The van der Waals surface area contributed by atoms with Gasteiger partial charge >= 0.3 is 0 Å². The first-order valence-electron chi connectivity index (χ1n) is 7.55. The lowest BCUT2D eigenvalue weighted by Crippen LogP contribution is -2.58. The maximum atomic E-state index is 12.4. The van der Waals surface area contributed by atoms with Crippen LogP contribution in [0.2, 0.25) is 0 Å². The SMILES string of the molecule is CNC(=O)[C@H]1CN(C(=O)CCc2c(C)noc2C)CCN1C. The van der Waals surface area contributed by atoms with Crippen molar-refractivity contribution in [2.45, 2.75) is 32.7 Å². The van der Waals surface area contributed by atoms with Crippen molar-refractivity contribution in [2.24, 2.45) is 0 Å². The monoisotopic (exact) mass is 308 g/mol. The Kier molecular flexibility index (Phi) is 5.18. The Hall–Kier alpha value is -1.89. The summed E-state index contributed by atoms with van der Waals surface area (Å²) in [6, 6.07) is -0.276. The summed E-state index contributed by atoms with van der Waals surface area (Å²) >= 11 is 0. The normalized spacial score (nSPS) is 19.3. The van der Waals surface area contributed by atoms with Gasteiger partial charge < -0.3 is 14.7 Å². The summed E-state index contributed by atoms with van der Waals surface area (Å²) in [4.78, 5) is 28.0. The maximum absolute atomic E-state index is 12.4. The fraction of sp³-hybridized carbons (Fsp3) is 0.667. The van der Waals surface area contributed by atoms with Crippen molar-refractivity contribution in [3.05, 3.63) is 17.0 Å². The van der Waals surface area contributed by atoms with Crippen LogP contribution in [0.25, 0.3) is 0 Å². The molecule has 1 aliphatic heterocycles. The molecule has 1 aromatic rings. The number of hydrogen-bond donors (Lipinski definition) is 1. The van der Waals surface area contributed by atoms with Gasteiger partial charge in [0.1, 0.15) is 11.8 Å². The minimum Gasteiger partial charge on any atom is -0.361 e. The molecule has 7 heteroatoms. The summed E-state index contributed by atoms with van der Waals surface area (Å²) < 4.78 is 5.12. The van der Waals surface area contributed by atoms with Gasteiger partial charge in [-0.1, -0.05) is 5.16 Å². The average Bonchev–Trinajstić information content (AvgIpc) is 2.83. The van der Waals surface area contributed by atoms with Crippen LogP contribution in [0.1, 0.15) is 23.4 Å². The lowest BCUT2D eigenvalue weighted by atomic mass is 10.1. The van der Waals surface area contributed by atoms with E-state index in [9.17, 15) is 9.59 Å². The van der Waals surface area contributed by atoms with Crippen LogP contribution in [0.15, 0.2) is 4.52 Å². The molecular weight excluding hydrogens is 284 g/mol. The van der Waals surface area contributed by atoms with Crippen molar-refractivity contribution in [1.29, 1.82) is 0 Å². The van der Waals surface area contributed by atoms with Crippen molar-refractivity contribution in [1.82, 2.24) is 20.3 Å². The predicted octanol–water partition coefficient (Wildman–Crippen LogP) is 0.113. The molecule has 0 bridgehead atoms. The summed E-state index contributed by atoms with van der Waals surface area (Å²) in [5.74, 6) is 0.791. The number of aryl methyl sites for hydroxylation is 2. The zero-order chi connectivity index (χ0) is 16.3. The average molecular weight is 308 g/mol. The third-order valence-electron chi connectivity index (χ3n) is 4.32. The molecule has 0 radical (unpaired) electrons. The minimum atomic E-state index is -0.276. The second-order valence-corrected chi connectivity index (χ2v) is 5.75. The van der Waals surface area contributed by atoms with Crippen LogP contribution < -0.4 is 5.32 Å². The molecule has 0 aromatic carbocycles. The number of amides is 2. The van der Waals surface area contributed by atoms with E-state index in [1.165, 1.54) is 0 Å². The van der Waals surface area contributed by atoms with E-state index in [0.717, 1.165) is 17.0 Å². The number of carbonyl (C=O) groups is 2. The van der Waals surface area contributed by atoms with Crippen LogP contribution in [0.3, 0.4) is 0 Å². The lowest BCUT2D eigenvalue weighted by Gasteiger charge is -2.38. The van der Waals surface area contributed by atoms with Gasteiger partial charge in [-0.2, -0.15) is 0 Å². The molecule has 2 rings (SSSR count). The van der Waals surface area contributed by atoms with Gasteiger partial charge in [0.25, 0.3) is 0 Å². The quantitative estimate of drug-likeness (QED) is 0.854. The number of likely N-dealkylation sites (N-methyl/N-ethyl adjacent to an activating group) is 2. The van der Waals surface area contributed by atoms with Crippen LogP contribution in [0.4, 0.5) is 0 Å². The van der Waals surface area contributed by atoms with Gasteiger partial charge in [0.2, 0.25) is 11.8 Å². The summed E-state index contributed by atoms with van der Waals surface area (Å²) in [6.45, 7) is 5.54. The van der Waals surface area contributed by atoms with Crippen LogP contribution in [-0.2, 0) is 16.0 Å². The minimum absolute atomic E-state index is 0.0503. The van der Waals surface area contributed by atoms with Gasteiger partial charge in [-0.15, -0.1) is 0 Å². The molecule has 0 saturated carbocycles. The molecular formula is C15H24N4O3. The molecule has 0 aliphatic carbocycles. The van der Waals surface area contributed by atoms with Gasteiger partial charge in [0.05, 0.1) is 5.69 Å². The highest BCUT2D eigenvalue weighted by molar-refractivity contribution is 5.83. The van der Waals surface area contributed by atoms with Gasteiger partial charge in [0, 0.05) is 38.7 Å². The number of aromatic nitrogens is 1. The lowest BCUT2D eigenvalue weighted by molar-refractivity contribution is -0.137. The highest BCUT2D eigenvalue weighted by Gasteiger charge is 2.31. The van der Waals surface area contributed by atoms with Gasteiger partial charge in [-0.25, -0.2) is 0 Å². The number of carbonyl (C=O) groups excluding carboxylic acids is 2. The fourth-order valence-electron chi connectivity index (χ4n) is 2.80. The molecule has 1 saturated heterocycles. The van der Waals surface area contributed by atoms with Crippen molar-refractivity contribution in [3.8, 4) is 0 Å². The second-order valence-electron chi connectivity index (χ2n) is 5.75. The summed E-state index contributed by atoms with van der Waals surface area (Å²) in [5.41, 5.74) is 1.84. The molecule has 22 heavy (non-hydrogen) atoms. The fourth-order valence-corrected chi connectivity index (χ4v) is 2.80. The zero-order valence-electron chi connectivity index (χ0n) is 13.7. The molecule has 1 N–H and O–H groups in total. The molecule has 2 heterocycles. The molecule has 1 fully saturated rings. The molecule has 122 valence electrons. The van der Waals surface area contributed by atoms with Gasteiger partial charge in [-0.3, -0.25) is 14.5 Å². The van der Waals surface area contributed by atoms with E-state index in [4.69, 9.17) is 4.52 Å². The predicted molar refractivity (Wildman–Crippen MR) is 81.4 cm³/mol. The number of rotatable bonds is 4. The standard InChI is InChI=1S/C15H24N4O3/c1-10-12(11(2)22-17-10)5-6-14(20)19-8-7-18(4)13(9-19)15(21)16-3/h13H,5-9H2,1-4H3,(H,16,21)/t13-/m1/s1. The van der Waals surface area contributed by atoms with E-state index in [0.29, 0.717) is 32.5 Å². The highest BCUT2D eigenvalue weighted by atomic mass is 16.5. The largest absolute Gasteiger partial charge is 0.361 e. The van der Waals surface area contributed by atoms with E-state index >= 15 is 0 Å². The highest BCUT2D eigenvalue weighted by Crippen LogP contribution is 2.16. The first kappa shape index (κ1) is 16.5.